The van der Waals surface area contributed by atoms with Crippen LogP contribution in [0.2, 0.25) is 5.02 Å². The van der Waals surface area contributed by atoms with Crippen LogP contribution in [0.1, 0.15) is 11.1 Å². The second-order valence-electron chi connectivity index (χ2n) is 8.44. The van der Waals surface area contributed by atoms with Gasteiger partial charge in [0, 0.05) is 48.5 Å². The molecular weight excluding hydrogens is 444 g/mol. The summed E-state index contributed by atoms with van der Waals surface area (Å²) in [6.07, 6.45) is 1.78. The number of ether oxygens (including phenoxy) is 1. The number of nitrogens with one attached hydrogen (secondary N) is 1. The van der Waals surface area contributed by atoms with E-state index in [0.29, 0.717) is 18.5 Å². The van der Waals surface area contributed by atoms with E-state index in [-0.39, 0.29) is 0 Å². The Morgan fingerprint density at radius 3 is 2.21 bits per heavy atom. The fourth-order valence-electron chi connectivity index (χ4n) is 3.88. The lowest BCUT2D eigenvalue weighted by molar-refractivity contribution is 0.0470. The van der Waals surface area contributed by atoms with E-state index in [1.54, 1.807) is 6.20 Å². The molecule has 0 fully saturated rings. The first kappa shape index (κ1) is 24.2. The Labute approximate surface area is 206 Å². The largest absolute Gasteiger partial charge is 0.362 e. The molecule has 0 unspecified atom stereocenters. The second kappa shape index (κ2) is 12.5. The maximum Gasteiger partial charge on any atom is 0.118 e. The van der Waals surface area contributed by atoms with E-state index in [4.69, 9.17) is 16.3 Å². The molecule has 176 valence electrons. The SMILES string of the molecule is CN(CCN(Cc1ccccc1)Cc1ccccc1)COCNc1ccnc2cc(Cl)ccc12. The Bertz CT molecular complexity index is 1120. The van der Waals surface area contributed by atoms with Gasteiger partial charge < -0.3 is 10.1 Å². The van der Waals surface area contributed by atoms with Gasteiger partial charge in [0.15, 0.2) is 0 Å². The highest BCUT2D eigenvalue weighted by Crippen LogP contribution is 2.24. The van der Waals surface area contributed by atoms with Gasteiger partial charge in [0.1, 0.15) is 13.5 Å². The number of hydrogen-bond acceptors (Lipinski definition) is 5. The van der Waals surface area contributed by atoms with Gasteiger partial charge in [-0.1, -0.05) is 72.3 Å². The molecule has 0 amide bonds. The van der Waals surface area contributed by atoms with Gasteiger partial charge in [-0.2, -0.15) is 0 Å². The highest BCUT2D eigenvalue weighted by Gasteiger charge is 2.09. The first-order valence-corrected chi connectivity index (χ1v) is 11.9. The van der Waals surface area contributed by atoms with E-state index >= 15 is 0 Å². The zero-order valence-electron chi connectivity index (χ0n) is 19.5. The summed E-state index contributed by atoms with van der Waals surface area (Å²) in [7, 11) is 2.09. The van der Waals surface area contributed by atoms with Crippen molar-refractivity contribution >= 4 is 28.2 Å². The fourth-order valence-corrected chi connectivity index (χ4v) is 4.05. The molecule has 3 aromatic carbocycles. The summed E-state index contributed by atoms with van der Waals surface area (Å²) in [5.74, 6) is 0. The van der Waals surface area contributed by atoms with Gasteiger partial charge in [-0.05, 0) is 42.4 Å². The lowest BCUT2D eigenvalue weighted by atomic mass is 10.1. The number of nitrogens with zero attached hydrogens (tertiary/aromatic N) is 3. The lowest BCUT2D eigenvalue weighted by Gasteiger charge is -2.26. The summed E-state index contributed by atoms with van der Waals surface area (Å²) in [6, 6.07) is 29.0. The molecule has 0 aliphatic rings. The standard InChI is InChI=1S/C28H31ClN4O/c1-32(22-34-21-31-27-14-15-30-28-18-25(29)12-13-26(27)28)16-17-33(19-23-8-4-2-5-9-23)20-24-10-6-3-7-11-24/h2-15,18H,16-17,19-22H2,1H3,(H,30,31). The van der Waals surface area contributed by atoms with Crippen LogP contribution in [0.3, 0.4) is 0 Å². The Balaban J connectivity index is 1.25. The summed E-state index contributed by atoms with van der Waals surface area (Å²) in [6.45, 7) is 4.68. The molecule has 0 aliphatic carbocycles. The third kappa shape index (κ3) is 7.27. The van der Waals surface area contributed by atoms with Crippen molar-refractivity contribution < 1.29 is 4.74 Å². The summed E-state index contributed by atoms with van der Waals surface area (Å²) < 4.78 is 5.89. The van der Waals surface area contributed by atoms with Crippen molar-refractivity contribution in [3.63, 3.8) is 0 Å². The number of benzene rings is 3. The van der Waals surface area contributed by atoms with E-state index in [0.717, 1.165) is 42.8 Å². The predicted molar refractivity (Wildman–Crippen MR) is 141 cm³/mol. The van der Waals surface area contributed by atoms with Gasteiger partial charge >= 0.3 is 0 Å². The van der Waals surface area contributed by atoms with Gasteiger partial charge in [-0.15, -0.1) is 0 Å². The molecule has 1 N–H and O–H groups in total. The predicted octanol–water partition coefficient (Wildman–Crippen LogP) is 5.87. The number of pyridine rings is 1. The van der Waals surface area contributed by atoms with Crippen LogP contribution in [-0.4, -0.2) is 48.4 Å². The highest BCUT2D eigenvalue weighted by molar-refractivity contribution is 6.31. The molecule has 0 radical (unpaired) electrons. The normalized spacial score (nSPS) is 11.4. The van der Waals surface area contributed by atoms with Crippen molar-refractivity contribution in [2.45, 2.75) is 13.1 Å². The molecule has 0 atom stereocenters. The van der Waals surface area contributed by atoms with Gasteiger partial charge in [-0.3, -0.25) is 14.8 Å². The lowest BCUT2D eigenvalue weighted by Crippen LogP contribution is -2.34. The fraction of sp³-hybridized carbons (Fsp3) is 0.250. The van der Waals surface area contributed by atoms with Gasteiger partial charge in [0.2, 0.25) is 0 Å². The molecule has 1 aromatic heterocycles. The smallest absolute Gasteiger partial charge is 0.118 e. The molecule has 0 saturated heterocycles. The zero-order valence-corrected chi connectivity index (χ0v) is 20.3. The Morgan fingerprint density at radius 1 is 0.853 bits per heavy atom. The van der Waals surface area contributed by atoms with Crippen molar-refractivity contribution in [2.24, 2.45) is 0 Å². The van der Waals surface area contributed by atoms with Crippen LogP contribution in [0.5, 0.6) is 0 Å². The summed E-state index contributed by atoms with van der Waals surface area (Å²) in [4.78, 5) is 9.06. The van der Waals surface area contributed by atoms with Crippen LogP contribution < -0.4 is 5.32 Å². The minimum absolute atomic E-state index is 0.420. The summed E-state index contributed by atoms with van der Waals surface area (Å²) in [5, 5.41) is 5.06. The molecule has 6 heteroatoms. The number of likely N-dealkylation sites (N-methyl/N-ethyl adjacent to an activating group) is 1. The Hall–Kier alpha value is -2.96. The Morgan fingerprint density at radius 2 is 1.53 bits per heavy atom. The molecule has 34 heavy (non-hydrogen) atoms. The third-order valence-corrected chi connectivity index (χ3v) is 5.91. The van der Waals surface area contributed by atoms with E-state index in [1.165, 1.54) is 11.1 Å². The first-order chi connectivity index (χ1) is 16.7. The maximum atomic E-state index is 6.08. The van der Waals surface area contributed by atoms with Crippen molar-refractivity contribution in [2.75, 3.05) is 38.9 Å². The van der Waals surface area contributed by atoms with Gasteiger partial charge in [0.25, 0.3) is 0 Å². The number of hydrogen-bond donors (Lipinski definition) is 1. The molecule has 4 rings (SSSR count). The van der Waals surface area contributed by atoms with Crippen LogP contribution in [0.15, 0.2) is 91.1 Å². The van der Waals surface area contributed by atoms with E-state index in [1.807, 2.05) is 24.3 Å². The molecule has 5 nitrogen and oxygen atoms in total. The topological polar surface area (TPSA) is 40.6 Å². The van der Waals surface area contributed by atoms with Crippen molar-refractivity contribution in [3.05, 3.63) is 107 Å². The average Bonchev–Trinajstić information content (AvgIpc) is 2.86. The molecule has 1 heterocycles. The summed E-state index contributed by atoms with van der Waals surface area (Å²) in [5.41, 5.74) is 4.51. The monoisotopic (exact) mass is 474 g/mol. The first-order valence-electron chi connectivity index (χ1n) is 11.5. The van der Waals surface area contributed by atoms with Crippen LogP contribution in [0, 0.1) is 0 Å². The van der Waals surface area contributed by atoms with Gasteiger partial charge in [-0.25, -0.2) is 0 Å². The summed E-state index contributed by atoms with van der Waals surface area (Å²) >= 11 is 6.08. The van der Waals surface area contributed by atoms with Crippen LogP contribution in [-0.2, 0) is 17.8 Å². The second-order valence-corrected chi connectivity index (χ2v) is 8.87. The number of aromatic nitrogens is 1. The van der Waals surface area contributed by atoms with Crippen LogP contribution in [0.4, 0.5) is 5.69 Å². The van der Waals surface area contributed by atoms with Crippen molar-refractivity contribution in [1.29, 1.82) is 0 Å². The molecule has 0 aliphatic heterocycles. The molecular formula is C28H31ClN4O. The van der Waals surface area contributed by atoms with E-state index in [2.05, 4.69) is 87.8 Å². The highest BCUT2D eigenvalue weighted by atomic mass is 35.5. The molecule has 0 spiro atoms. The van der Waals surface area contributed by atoms with Crippen LogP contribution in [0.25, 0.3) is 10.9 Å². The van der Waals surface area contributed by atoms with E-state index < -0.39 is 0 Å². The Kier molecular flexibility index (Phi) is 8.88. The van der Waals surface area contributed by atoms with Gasteiger partial charge in [0.05, 0.1) is 5.52 Å². The van der Waals surface area contributed by atoms with Crippen molar-refractivity contribution in [1.82, 2.24) is 14.8 Å². The van der Waals surface area contributed by atoms with Crippen molar-refractivity contribution in [3.8, 4) is 0 Å². The number of fused-ring (bicyclic) bond motifs is 1. The number of rotatable bonds is 12. The quantitative estimate of drug-likeness (QED) is 0.205. The third-order valence-electron chi connectivity index (χ3n) is 5.68. The maximum absolute atomic E-state index is 6.08. The van der Waals surface area contributed by atoms with E-state index in [9.17, 15) is 0 Å². The molecule has 0 saturated carbocycles. The number of halogens is 1. The molecule has 0 bridgehead atoms. The minimum atomic E-state index is 0.420. The average molecular weight is 475 g/mol. The minimum Gasteiger partial charge on any atom is -0.362 e. The zero-order chi connectivity index (χ0) is 23.6. The number of anilines is 1. The van der Waals surface area contributed by atoms with Crippen LogP contribution >= 0.6 is 11.6 Å². The molecule has 4 aromatic rings.